The van der Waals surface area contributed by atoms with E-state index in [0.29, 0.717) is 23.8 Å². The maximum absolute atomic E-state index is 12.0. The topological polar surface area (TPSA) is 83.5 Å². The van der Waals surface area contributed by atoms with E-state index in [2.05, 4.69) is 11.0 Å². The van der Waals surface area contributed by atoms with Crippen molar-refractivity contribution in [1.29, 1.82) is 0 Å². The summed E-state index contributed by atoms with van der Waals surface area (Å²) in [6.07, 6.45) is 2.96. The standard InChI is InChI=1S/C22H25NO7/c1-12(24)29-19-10-23-6-4-5-22(23)9-18(26-3)21(30-13(2)25)20(22)15-8-17-16(7-14(15)19)27-11-28-17/h7-9,19-21H,4-6,10-11H2,1-3H3/t19-,20+,21+,22-/m0/s1. The van der Waals surface area contributed by atoms with Crippen LogP contribution in [-0.2, 0) is 23.8 Å². The molecule has 0 bridgehead atoms. The summed E-state index contributed by atoms with van der Waals surface area (Å²) in [7, 11) is 1.60. The van der Waals surface area contributed by atoms with E-state index in [1.54, 1.807) is 7.11 Å². The van der Waals surface area contributed by atoms with Gasteiger partial charge in [0.25, 0.3) is 0 Å². The highest BCUT2D eigenvalue weighted by molar-refractivity contribution is 5.68. The molecule has 160 valence electrons. The molecule has 4 aliphatic rings. The number of methoxy groups -OCH3 is 1. The summed E-state index contributed by atoms with van der Waals surface area (Å²) in [5.74, 6) is 1.01. The van der Waals surface area contributed by atoms with Gasteiger partial charge in [-0.15, -0.1) is 0 Å². The molecule has 8 heteroatoms. The molecule has 1 aromatic carbocycles. The lowest BCUT2D eigenvalue weighted by atomic mass is 9.77. The Balaban J connectivity index is 1.72. The van der Waals surface area contributed by atoms with Gasteiger partial charge in [-0.3, -0.25) is 14.5 Å². The number of fused-ring (bicyclic) bond motifs is 3. The van der Waals surface area contributed by atoms with Crippen LogP contribution >= 0.6 is 0 Å². The number of ether oxygens (including phenoxy) is 5. The second-order valence-electron chi connectivity index (χ2n) is 8.23. The van der Waals surface area contributed by atoms with Crippen molar-refractivity contribution >= 4 is 11.9 Å². The number of benzene rings is 1. The summed E-state index contributed by atoms with van der Waals surface area (Å²) in [4.78, 5) is 26.2. The van der Waals surface area contributed by atoms with Crippen LogP contribution in [-0.4, -0.2) is 55.5 Å². The smallest absolute Gasteiger partial charge is 0.303 e. The molecule has 0 aromatic heterocycles. The average Bonchev–Trinajstić information content (AvgIpc) is 3.36. The van der Waals surface area contributed by atoms with Gasteiger partial charge in [-0.1, -0.05) is 0 Å². The van der Waals surface area contributed by atoms with Crippen molar-refractivity contribution in [3.05, 3.63) is 35.1 Å². The Kier molecular flexibility index (Phi) is 4.43. The van der Waals surface area contributed by atoms with E-state index in [9.17, 15) is 9.59 Å². The first-order chi connectivity index (χ1) is 14.4. The molecule has 5 rings (SSSR count). The molecule has 0 unspecified atom stereocenters. The van der Waals surface area contributed by atoms with Crippen molar-refractivity contribution in [3.8, 4) is 11.5 Å². The Morgan fingerprint density at radius 1 is 1.10 bits per heavy atom. The van der Waals surface area contributed by atoms with Crippen molar-refractivity contribution in [2.75, 3.05) is 27.0 Å². The highest BCUT2D eigenvalue weighted by atomic mass is 16.7. The second-order valence-corrected chi connectivity index (χ2v) is 8.23. The first-order valence-electron chi connectivity index (χ1n) is 10.2. The van der Waals surface area contributed by atoms with Crippen LogP contribution in [0.15, 0.2) is 24.0 Å². The molecule has 3 aliphatic heterocycles. The fourth-order valence-corrected chi connectivity index (χ4v) is 5.57. The molecular formula is C22H25NO7. The van der Waals surface area contributed by atoms with E-state index in [1.165, 1.54) is 13.8 Å². The Morgan fingerprint density at radius 2 is 1.80 bits per heavy atom. The van der Waals surface area contributed by atoms with Gasteiger partial charge in [-0.25, -0.2) is 0 Å². The maximum atomic E-state index is 12.0. The zero-order valence-corrected chi connectivity index (χ0v) is 17.3. The largest absolute Gasteiger partial charge is 0.497 e. The van der Waals surface area contributed by atoms with E-state index < -0.39 is 12.2 Å². The van der Waals surface area contributed by atoms with Gasteiger partial charge in [0.15, 0.2) is 17.6 Å². The summed E-state index contributed by atoms with van der Waals surface area (Å²) < 4.78 is 28.5. The summed E-state index contributed by atoms with van der Waals surface area (Å²) >= 11 is 0. The van der Waals surface area contributed by atoms with Gasteiger partial charge in [0.1, 0.15) is 11.9 Å². The number of hydrogen-bond acceptors (Lipinski definition) is 8. The first kappa shape index (κ1) is 19.2. The Bertz CT molecular complexity index is 942. The molecule has 8 nitrogen and oxygen atoms in total. The maximum Gasteiger partial charge on any atom is 0.303 e. The van der Waals surface area contributed by atoms with Gasteiger partial charge in [-0.2, -0.15) is 0 Å². The molecule has 4 atom stereocenters. The lowest BCUT2D eigenvalue weighted by Gasteiger charge is -2.39. The number of carbonyl (C=O) groups excluding carboxylic acids is 2. The third kappa shape index (κ3) is 2.77. The highest BCUT2D eigenvalue weighted by Gasteiger charge is 2.59. The third-order valence-electron chi connectivity index (χ3n) is 6.59. The van der Waals surface area contributed by atoms with Crippen LogP contribution in [0.25, 0.3) is 0 Å². The summed E-state index contributed by atoms with van der Waals surface area (Å²) in [5, 5.41) is 0. The molecule has 0 saturated carbocycles. The number of esters is 2. The number of carbonyl (C=O) groups is 2. The van der Waals surface area contributed by atoms with Crippen molar-refractivity contribution in [2.45, 2.75) is 50.4 Å². The van der Waals surface area contributed by atoms with Crippen LogP contribution in [0, 0.1) is 0 Å². The van der Waals surface area contributed by atoms with Gasteiger partial charge in [-0.05, 0) is 43.2 Å². The molecule has 1 saturated heterocycles. The second kappa shape index (κ2) is 6.91. The molecular weight excluding hydrogens is 390 g/mol. The number of rotatable bonds is 3. The lowest BCUT2D eigenvalue weighted by molar-refractivity contribution is -0.149. The van der Waals surface area contributed by atoms with Gasteiger partial charge < -0.3 is 23.7 Å². The van der Waals surface area contributed by atoms with E-state index in [0.717, 1.165) is 30.5 Å². The van der Waals surface area contributed by atoms with Crippen LogP contribution in [0.4, 0.5) is 0 Å². The minimum absolute atomic E-state index is 0.146. The third-order valence-corrected chi connectivity index (χ3v) is 6.59. The molecule has 1 aliphatic carbocycles. The van der Waals surface area contributed by atoms with Gasteiger partial charge in [0, 0.05) is 26.0 Å². The molecule has 0 amide bonds. The average molecular weight is 415 g/mol. The minimum Gasteiger partial charge on any atom is -0.497 e. The Hall–Kier alpha value is -2.74. The van der Waals surface area contributed by atoms with Crippen LogP contribution in [0.3, 0.4) is 0 Å². The molecule has 0 radical (unpaired) electrons. The first-order valence-corrected chi connectivity index (χ1v) is 10.2. The predicted molar refractivity (Wildman–Crippen MR) is 104 cm³/mol. The summed E-state index contributed by atoms with van der Waals surface area (Å²) in [6, 6.07) is 3.85. The van der Waals surface area contributed by atoms with Crippen LogP contribution < -0.4 is 9.47 Å². The summed E-state index contributed by atoms with van der Waals surface area (Å²) in [5.41, 5.74) is 1.41. The van der Waals surface area contributed by atoms with Crippen LogP contribution in [0.2, 0.25) is 0 Å². The molecule has 1 fully saturated rings. The zero-order chi connectivity index (χ0) is 21.0. The predicted octanol–water partition coefficient (Wildman–Crippen LogP) is 2.43. The zero-order valence-electron chi connectivity index (χ0n) is 17.3. The Labute approximate surface area is 174 Å². The number of hydrogen-bond donors (Lipinski definition) is 0. The molecule has 3 heterocycles. The molecule has 1 aromatic rings. The van der Waals surface area contributed by atoms with Gasteiger partial charge >= 0.3 is 11.9 Å². The van der Waals surface area contributed by atoms with Crippen LogP contribution in [0.1, 0.15) is 49.8 Å². The van der Waals surface area contributed by atoms with E-state index >= 15 is 0 Å². The van der Waals surface area contributed by atoms with E-state index in [1.807, 2.05) is 12.1 Å². The number of nitrogens with zero attached hydrogens (tertiary/aromatic N) is 1. The molecule has 30 heavy (non-hydrogen) atoms. The highest BCUT2D eigenvalue weighted by Crippen LogP contribution is 2.57. The van der Waals surface area contributed by atoms with E-state index in [4.69, 9.17) is 23.7 Å². The van der Waals surface area contributed by atoms with Gasteiger partial charge in [0.05, 0.1) is 18.6 Å². The van der Waals surface area contributed by atoms with Crippen molar-refractivity contribution in [2.24, 2.45) is 0 Å². The van der Waals surface area contributed by atoms with Crippen molar-refractivity contribution < 1.29 is 33.3 Å². The monoisotopic (exact) mass is 415 g/mol. The van der Waals surface area contributed by atoms with E-state index in [-0.39, 0.29) is 30.2 Å². The fraction of sp³-hybridized carbons (Fsp3) is 0.545. The normalized spacial score (nSPS) is 31.2. The van der Waals surface area contributed by atoms with Crippen molar-refractivity contribution in [1.82, 2.24) is 4.90 Å². The lowest BCUT2D eigenvalue weighted by Crippen LogP contribution is -2.47. The molecule has 0 N–H and O–H groups in total. The molecule has 1 spiro atoms. The summed E-state index contributed by atoms with van der Waals surface area (Å²) in [6.45, 7) is 4.37. The SMILES string of the molecule is COC1=C[C@]23CCCN2C[C@H](OC(C)=O)c2cc4c(cc2[C@@H]3[C@@H]1OC(C)=O)OCO4. The quantitative estimate of drug-likeness (QED) is 0.696. The Morgan fingerprint density at radius 3 is 2.47 bits per heavy atom. The fourth-order valence-electron chi connectivity index (χ4n) is 5.57. The minimum atomic E-state index is -0.566. The van der Waals surface area contributed by atoms with Gasteiger partial charge in [0.2, 0.25) is 6.79 Å². The van der Waals surface area contributed by atoms with Crippen molar-refractivity contribution in [3.63, 3.8) is 0 Å². The van der Waals surface area contributed by atoms with Crippen LogP contribution in [0.5, 0.6) is 11.5 Å².